The van der Waals surface area contributed by atoms with Gasteiger partial charge in [0.05, 0.1) is 11.6 Å². The van der Waals surface area contributed by atoms with E-state index in [4.69, 9.17) is 28.5 Å². The van der Waals surface area contributed by atoms with Gasteiger partial charge in [0.15, 0.2) is 5.82 Å². The van der Waals surface area contributed by atoms with Gasteiger partial charge in [-0.25, -0.2) is 4.39 Å². The molecular formula is C10H3Cl2FN4. The van der Waals surface area contributed by atoms with Gasteiger partial charge in [-0.3, -0.25) is 0 Å². The lowest BCUT2D eigenvalue weighted by molar-refractivity contribution is 0.627. The molecule has 0 aliphatic heterocycles. The Morgan fingerprint density at radius 2 is 1.71 bits per heavy atom. The van der Waals surface area contributed by atoms with Crippen molar-refractivity contribution in [3.8, 4) is 17.5 Å². The van der Waals surface area contributed by atoms with Gasteiger partial charge in [-0.05, 0) is 41.4 Å². The highest BCUT2D eigenvalue weighted by molar-refractivity contribution is 6.31. The van der Waals surface area contributed by atoms with E-state index in [0.29, 0.717) is 5.56 Å². The molecule has 84 valence electrons. The third kappa shape index (κ3) is 2.67. The first-order valence-electron chi connectivity index (χ1n) is 4.36. The van der Waals surface area contributed by atoms with Gasteiger partial charge in [0.2, 0.25) is 10.6 Å². The first-order chi connectivity index (χ1) is 8.08. The molecule has 17 heavy (non-hydrogen) atoms. The van der Waals surface area contributed by atoms with E-state index in [0.717, 1.165) is 6.07 Å². The summed E-state index contributed by atoms with van der Waals surface area (Å²) in [5.74, 6) is -0.447. The van der Waals surface area contributed by atoms with Crippen LogP contribution >= 0.6 is 23.2 Å². The maximum absolute atomic E-state index is 13.2. The zero-order chi connectivity index (χ0) is 12.4. The van der Waals surface area contributed by atoms with Crippen LogP contribution in [-0.4, -0.2) is 15.0 Å². The molecule has 0 aliphatic rings. The van der Waals surface area contributed by atoms with Crippen molar-refractivity contribution in [3.05, 3.63) is 40.1 Å². The van der Waals surface area contributed by atoms with Crippen LogP contribution in [0.3, 0.4) is 0 Å². The number of benzene rings is 1. The predicted octanol–water partition coefficient (Wildman–Crippen LogP) is 2.86. The van der Waals surface area contributed by atoms with E-state index in [-0.39, 0.29) is 22.0 Å². The Bertz CT molecular complexity index is 604. The molecule has 0 fully saturated rings. The molecule has 0 spiro atoms. The smallest absolute Gasteiger partial charge is 0.207 e. The van der Waals surface area contributed by atoms with Crippen LogP contribution in [0.5, 0.6) is 0 Å². The Balaban J connectivity index is 2.60. The highest BCUT2D eigenvalue weighted by Gasteiger charge is 2.08. The summed E-state index contributed by atoms with van der Waals surface area (Å²) in [5.41, 5.74) is 0.473. The van der Waals surface area contributed by atoms with E-state index >= 15 is 0 Å². The van der Waals surface area contributed by atoms with E-state index in [2.05, 4.69) is 15.0 Å². The number of aromatic nitrogens is 3. The highest BCUT2D eigenvalue weighted by Crippen LogP contribution is 2.20. The molecule has 0 unspecified atom stereocenters. The van der Waals surface area contributed by atoms with Crippen molar-refractivity contribution in [2.45, 2.75) is 0 Å². The third-order valence-corrected chi connectivity index (χ3v) is 2.20. The summed E-state index contributed by atoms with van der Waals surface area (Å²) < 4.78 is 13.2. The van der Waals surface area contributed by atoms with E-state index in [1.807, 2.05) is 6.07 Å². The fourth-order valence-electron chi connectivity index (χ4n) is 1.24. The number of rotatable bonds is 1. The van der Waals surface area contributed by atoms with Crippen molar-refractivity contribution >= 4 is 23.2 Å². The quantitative estimate of drug-likeness (QED) is 0.798. The van der Waals surface area contributed by atoms with Crippen molar-refractivity contribution in [3.63, 3.8) is 0 Å². The van der Waals surface area contributed by atoms with Gasteiger partial charge in [-0.2, -0.15) is 20.2 Å². The minimum absolute atomic E-state index is 0.0947. The van der Waals surface area contributed by atoms with Gasteiger partial charge in [-0.15, -0.1) is 0 Å². The standard InChI is InChI=1S/C10H3Cl2FN4/c11-9-15-8(16-10(12)17-9)6-1-5(4-14)2-7(13)3-6/h1-3H. The Morgan fingerprint density at radius 3 is 2.29 bits per heavy atom. The molecule has 7 heteroatoms. The van der Waals surface area contributed by atoms with Crippen molar-refractivity contribution in [1.29, 1.82) is 5.26 Å². The second-order valence-corrected chi connectivity index (χ2v) is 3.71. The topological polar surface area (TPSA) is 62.5 Å². The SMILES string of the molecule is N#Cc1cc(F)cc(-c2nc(Cl)nc(Cl)n2)c1. The first kappa shape index (κ1) is 11.7. The normalized spacial score (nSPS) is 10.0. The van der Waals surface area contributed by atoms with Crippen LogP contribution in [-0.2, 0) is 0 Å². The Kier molecular flexibility index (Phi) is 3.18. The third-order valence-electron chi connectivity index (χ3n) is 1.87. The average Bonchev–Trinajstić information content (AvgIpc) is 2.26. The summed E-state index contributed by atoms with van der Waals surface area (Å²) in [4.78, 5) is 11.2. The Morgan fingerprint density at radius 1 is 1.06 bits per heavy atom. The van der Waals surface area contributed by atoms with Gasteiger partial charge in [0, 0.05) is 5.56 Å². The lowest BCUT2D eigenvalue weighted by Crippen LogP contribution is -1.94. The fraction of sp³-hybridized carbons (Fsp3) is 0. The van der Waals surface area contributed by atoms with E-state index in [1.165, 1.54) is 12.1 Å². The van der Waals surface area contributed by atoms with Crippen LogP contribution in [0.4, 0.5) is 4.39 Å². The van der Waals surface area contributed by atoms with Crippen LogP contribution in [0.1, 0.15) is 5.56 Å². The monoisotopic (exact) mass is 268 g/mol. The molecule has 0 radical (unpaired) electrons. The van der Waals surface area contributed by atoms with Crippen LogP contribution < -0.4 is 0 Å². The summed E-state index contributed by atoms with van der Waals surface area (Å²) in [6, 6.07) is 5.55. The van der Waals surface area contributed by atoms with Crippen LogP contribution in [0, 0.1) is 17.1 Å². The summed E-state index contributed by atoms with van der Waals surface area (Å²) >= 11 is 11.2. The van der Waals surface area contributed by atoms with Gasteiger partial charge in [-0.1, -0.05) is 0 Å². The molecule has 0 N–H and O–H groups in total. The maximum Gasteiger partial charge on any atom is 0.227 e. The van der Waals surface area contributed by atoms with Crippen molar-refractivity contribution in [2.24, 2.45) is 0 Å². The zero-order valence-electron chi connectivity index (χ0n) is 8.15. The van der Waals surface area contributed by atoms with Crippen molar-refractivity contribution in [2.75, 3.05) is 0 Å². The summed E-state index contributed by atoms with van der Waals surface area (Å²) in [6.45, 7) is 0. The molecule has 0 bridgehead atoms. The van der Waals surface area contributed by atoms with Crippen LogP contribution in [0.15, 0.2) is 18.2 Å². The molecule has 0 aliphatic carbocycles. The molecule has 1 aromatic carbocycles. The van der Waals surface area contributed by atoms with Gasteiger partial charge < -0.3 is 0 Å². The molecule has 1 aromatic heterocycles. The molecular weight excluding hydrogens is 266 g/mol. The summed E-state index contributed by atoms with van der Waals surface area (Å²) in [6.07, 6.45) is 0. The second-order valence-electron chi connectivity index (χ2n) is 3.04. The number of hydrogen-bond donors (Lipinski definition) is 0. The predicted molar refractivity (Wildman–Crippen MR) is 60.0 cm³/mol. The van der Waals surface area contributed by atoms with Crippen molar-refractivity contribution < 1.29 is 4.39 Å². The zero-order valence-corrected chi connectivity index (χ0v) is 9.67. The molecule has 4 nitrogen and oxygen atoms in total. The largest absolute Gasteiger partial charge is 0.227 e. The van der Waals surface area contributed by atoms with Crippen LogP contribution in [0.25, 0.3) is 11.4 Å². The minimum atomic E-state index is -0.563. The lowest BCUT2D eigenvalue weighted by atomic mass is 10.1. The number of nitriles is 1. The summed E-state index contributed by atoms with van der Waals surface area (Å²) in [7, 11) is 0. The highest BCUT2D eigenvalue weighted by atomic mass is 35.5. The summed E-state index contributed by atoms with van der Waals surface area (Å²) in [5, 5.41) is 8.53. The van der Waals surface area contributed by atoms with E-state index in [1.54, 1.807) is 0 Å². The number of hydrogen-bond acceptors (Lipinski definition) is 4. The Labute approximate surface area is 106 Å². The first-order valence-corrected chi connectivity index (χ1v) is 5.12. The Hall–Kier alpha value is -1.77. The molecule has 0 saturated carbocycles. The molecule has 2 aromatic rings. The van der Waals surface area contributed by atoms with Crippen LogP contribution in [0.2, 0.25) is 10.6 Å². The van der Waals surface area contributed by atoms with Gasteiger partial charge in [0.25, 0.3) is 0 Å². The number of halogens is 3. The van der Waals surface area contributed by atoms with E-state index in [9.17, 15) is 4.39 Å². The van der Waals surface area contributed by atoms with Gasteiger partial charge >= 0.3 is 0 Å². The average molecular weight is 269 g/mol. The van der Waals surface area contributed by atoms with Gasteiger partial charge in [0.1, 0.15) is 5.82 Å². The molecule has 0 atom stereocenters. The fourth-order valence-corrected chi connectivity index (χ4v) is 1.60. The molecule has 0 saturated heterocycles. The number of nitrogens with zero attached hydrogens (tertiary/aromatic N) is 4. The molecule has 2 rings (SSSR count). The van der Waals surface area contributed by atoms with Crippen molar-refractivity contribution in [1.82, 2.24) is 15.0 Å². The van der Waals surface area contributed by atoms with E-state index < -0.39 is 5.82 Å². The lowest BCUT2D eigenvalue weighted by Gasteiger charge is -2.01. The second kappa shape index (κ2) is 4.62. The molecule has 1 heterocycles. The minimum Gasteiger partial charge on any atom is -0.207 e. The molecule has 0 amide bonds. The maximum atomic E-state index is 13.2.